The number of fused-ring (bicyclic) bond motifs is 2. The largest absolute Gasteiger partial charge is 0.493 e. The lowest BCUT2D eigenvalue weighted by Gasteiger charge is -2.10. The molecule has 7 heteroatoms. The van der Waals surface area contributed by atoms with Gasteiger partial charge in [-0.25, -0.2) is 9.97 Å². The van der Waals surface area contributed by atoms with E-state index in [9.17, 15) is 4.79 Å². The van der Waals surface area contributed by atoms with Crippen LogP contribution in [0, 0.1) is 0 Å². The summed E-state index contributed by atoms with van der Waals surface area (Å²) in [6.45, 7) is 0. The van der Waals surface area contributed by atoms with Crippen molar-refractivity contribution in [1.82, 2.24) is 19.7 Å². The van der Waals surface area contributed by atoms with E-state index < -0.39 is 0 Å². The topological polar surface area (TPSA) is 82.0 Å². The summed E-state index contributed by atoms with van der Waals surface area (Å²) in [4.78, 5) is 21.2. The molecule has 0 unspecified atom stereocenters. The van der Waals surface area contributed by atoms with Gasteiger partial charge < -0.3 is 9.47 Å². The standard InChI is InChI=1S/C17H14N4O3/c1-23-14-7-11-13(8-15(14)24-2)18-9-19-16(11)21-17(22)10-5-3-4-6-12(10)20-21/h3-9,20H,1-2H3. The highest BCUT2D eigenvalue weighted by Crippen LogP contribution is 2.32. The van der Waals surface area contributed by atoms with Crippen LogP contribution in [-0.4, -0.2) is 34.0 Å². The Morgan fingerprint density at radius 2 is 1.75 bits per heavy atom. The SMILES string of the molecule is COc1cc2ncnc(-n3[nH]c4ccccc4c3=O)c2cc1OC. The molecule has 7 nitrogen and oxygen atoms in total. The molecule has 0 spiro atoms. The zero-order valence-corrected chi connectivity index (χ0v) is 13.1. The zero-order valence-electron chi connectivity index (χ0n) is 13.1. The van der Waals surface area contributed by atoms with Crippen molar-refractivity contribution in [3.05, 3.63) is 53.1 Å². The maximum Gasteiger partial charge on any atom is 0.280 e. The quantitative estimate of drug-likeness (QED) is 0.626. The molecule has 1 N–H and O–H groups in total. The molecule has 0 radical (unpaired) electrons. The highest BCUT2D eigenvalue weighted by Gasteiger charge is 2.15. The fraction of sp³-hybridized carbons (Fsp3) is 0.118. The van der Waals surface area contributed by atoms with Gasteiger partial charge in [0.25, 0.3) is 5.56 Å². The molecule has 0 aliphatic rings. The zero-order chi connectivity index (χ0) is 16.7. The second kappa shape index (κ2) is 5.38. The number of H-pyrrole nitrogens is 1. The van der Waals surface area contributed by atoms with Crippen LogP contribution in [-0.2, 0) is 0 Å². The number of ether oxygens (including phenoxy) is 2. The van der Waals surface area contributed by atoms with Crippen molar-refractivity contribution >= 4 is 21.8 Å². The Bertz CT molecular complexity index is 1110. The Morgan fingerprint density at radius 3 is 2.50 bits per heavy atom. The summed E-state index contributed by atoms with van der Waals surface area (Å²) in [5.41, 5.74) is 1.23. The summed E-state index contributed by atoms with van der Waals surface area (Å²) >= 11 is 0. The number of aromatic nitrogens is 4. The second-order valence-corrected chi connectivity index (χ2v) is 5.22. The summed E-state index contributed by atoms with van der Waals surface area (Å²) in [6, 6.07) is 10.8. The van der Waals surface area contributed by atoms with E-state index in [4.69, 9.17) is 9.47 Å². The van der Waals surface area contributed by atoms with Crippen molar-refractivity contribution in [2.24, 2.45) is 0 Å². The van der Waals surface area contributed by atoms with Crippen LogP contribution in [0.1, 0.15) is 0 Å². The van der Waals surface area contributed by atoms with Gasteiger partial charge in [0.2, 0.25) is 0 Å². The maximum atomic E-state index is 12.7. The lowest BCUT2D eigenvalue weighted by atomic mass is 10.2. The van der Waals surface area contributed by atoms with E-state index in [1.54, 1.807) is 32.4 Å². The second-order valence-electron chi connectivity index (χ2n) is 5.22. The van der Waals surface area contributed by atoms with Crippen molar-refractivity contribution in [3.63, 3.8) is 0 Å². The van der Waals surface area contributed by atoms with Gasteiger partial charge in [-0.3, -0.25) is 9.89 Å². The van der Waals surface area contributed by atoms with Crippen LogP contribution >= 0.6 is 0 Å². The minimum Gasteiger partial charge on any atom is -0.493 e. The molecule has 2 aromatic heterocycles. The molecule has 0 saturated heterocycles. The number of nitrogens with zero attached hydrogens (tertiary/aromatic N) is 3. The van der Waals surface area contributed by atoms with Gasteiger partial charge in [-0.15, -0.1) is 0 Å². The number of hydrogen-bond donors (Lipinski definition) is 1. The highest BCUT2D eigenvalue weighted by atomic mass is 16.5. The average Bonchev–Trinajstić information content (AvgIpc) is 2.97. The molecular formula is C17H14N4O3. The van der Waals surface area contributed by atoms with E-state index in [0.717, 1.165) is 5.52 Å². The van der Waals surface area contributed by atoms with Crippen molar-refractivity contribution < 1.29 is 9.47 Å². The molecule has 0 bridgehead atoms. The molecule has 120 valence electrons. The Kier molecular flexibility index (Phi) is 3.19. The van der Waals surface area contributed by atoms with Crippen LogP contribution in [0.25, 0.3) is 27.6 Å². The molecule has 4 aromatic rings. The minimum atomic E-state index is -0.166. The van der Waals surface area contributed by atoms with Crippen molar-refractivity contribution in [2.45, 2.75) is 0 Å². The predicted octanol–water partition coefficient (Wildman–Crippen LogP) is 2.28. The number of methoxy groups -OCH3 is 2. The highest BCUT2D eigenvalue weighted by molar-refractivity contribution is 5.89. The first kappa shape index (κ1) is 14.3. The van der Waals surface area contributed by atoms with Gasteiger partial charge in [-0.2, -0.15) is 4.68 Å². The first-order valence-corrected chi connectivity index (χ1v) is 7.30. The molecular weight excluding hydrogens is 308 g/mol. The summed E-state index contributed by atoms with van der Waals surface area (Å²) < 4.78 is 12.1. The average molecular weight is 322 g/mol. The van der Waals surface area contributed by atoms with E-state index in [2.05, 4.69) is 15.1 Å². The van der Waals surface area contributed by atoms with E-state index in [-0.39, 0.29) is 5.56 Å². The van der Waals surface area contributed by atoms with Gasteiger partial charge in [0.1, 0.15) is 6.33 Å². The fourth-order valence-electron chi connectivity index (χ4n) is 2.76. The number of para-hydroxylation sites is 1. The molecule has 0 saturated carbocycles. The molecule has 0 atom stereocenters. The van der Waals surface area contributed by atoms with Crippen molar-refractivity contribution in [1.29, 1.82) is 0 Å². The molecule has 24 heavy (non-hydrogen) atoms. The van der Waals surface area contributed by atoms with Crippen LogP contribution in [0.3, 0.4) is 0 Å². The van der Waals surface area contributed by atoms with Gasteiger partial charge in [-0.05, 0) is 18.2 Å². The number of aromatic amines is 1. The monoisotopic (exact) mass is 322 g/mol. The third kappa shape index (κ3) is 2.02. The number of hydrogen-bond acceptors (Lipinski definition) is 5. The Morgan fingerprint density at radius 1 is 1.00 bits per heavy atom. The maximum absolute atomic E-state index is 12.7. The molecule has 4 rings (SSSR count). The third-order valence-corrected chi connectivity index (χ3v) is 3.92. The minimum absolute atomic E-state index is 0.166. The van der Waals surface area contributed by atoms with Gasteiger partial charge in [0.05, 0.1) is 30.6 Å². The van der Waals surface area contributed by atoms with Gasteiger partial charge in [0.15, 0.2) is 17.3 Å². The normalized spacial score (nSPS) is 11.1. The van der Waals surface area contributed by atoms with Gasteiger partial charge in [0, 0.05) is 11.5 Å². The predicted molar refractivity (Wildman–Crippen MR) is 90.1 cm³/mol. The number of rotatable bonds is 3. The lowest BCUT2D eigenvalue weighted by molar-refractivity contribution is 0.355. The third-order valence-electron chi connectivity index (χ3n) is 3.92. The fourth-order valence-corrected chi connectivity index (χ4v) is 2.76. The van der Waals surface area contributed by atoms with Crippen LogP contribution in [0.15, 0.2) is 47.5 Å². The van der Waals surface area contributed by atoms with E-state index in [1.807, 2.05) is 18.2 Å². The first-order chi connectivity index (χ1) is 11.7. The Balaban J connectivity index is 2.05. The summed E-state index contributed by atoms with van der Waals surface area (Å²) in [7, 11) is 3.12. The van der Waals surface area contributed by atoms with Crippen LogP contribution < -0.4 is 15.0 Å². The van der Waals surface area contributed by atoms with Crippen molar-refractivity contribution in [3.8, 4) is 17.3 Å². The van der Waals surface area contributed by atoms with Gasteiger partial charge >= 0.3 is 0 Å². The molecule has 2 heterocycles. The molecule has 0 aliphatic heterocycles. The summed E-state index contributed by atoms with van der Waals surface area (Å²) in [5, 5.41) is 4.37. The van der Waals surface area contributed by atoms with E-state index >= 15 is 0 Å². The van der Waals surface area contributed by atoms with Crippen LogP contribution in [0.5, 0.6) is 11.5 Å². The summed E-state index contributed by atoms with van der Waals surface area (Å²) in [5.74, 6) is 1.58. The molecule has 0 aliphatic carbocycles. The number of nitrogens with one attached hydrogen (secondary N) is 1. The molecule has 0 amide bonds. The van der Waals surface area contributed by atoms with E-state index in [0.29, 0.717) is 33.6 Å². The smallest absolute Gasteiger partial charge is 0.280 e. The first-order valence-electron chi connectivity index (χ1n) is 7.30. The van der Waals surface area contributed by atoms with Crippen molar-refractivity contribution in [2.75, 3.05) is 14.2 Å². The van der Waals surface area contributed by atoms with Crippen LogP contribution in [0.2, 0.25) is 0 Å². The van der Waals surface area contributed by atoms with E-state index in [1.165, 1.54) is 11.0 Å². The molecule has 0 fully saturated rings. The van der Waals surface area contributed by atoms with Crippen LogP contribution in [0.4, 0.5) is 0 Å². The Labute approximate surface area is 136 Å². The molecule has 2 aromatic carbocycles. The lowest BCUT2D eigenvalue weighted by Crippen LogP contribution is -2.16. The Hall–Kier alpha value is -3.35. The summed E-state index contributed by atoms with van der Waals surface area (Å²) in [6.07, 6.45) is 1.42. The van der Waals surface area contributed by atoms with Gasteiger partial charge in [-0.1, -0.05) is 12.1 Å². The number of benzene rings is 2.